The van der Waals surface area contributed by atoms with Gasteiger partial charge >= 0.3 is 0 Å². The molecule has 0 unspecified atom stereocenters. The average molecular weight is 261 g/mol. The van der Waals surface area contributed by atoms with E-state index < -0.39 is 17.3 Å². The predicted molar refractivity (Wildman–Crippen MR) is 67.6 cm³/mol. The van der Waals surface area contributed by atoms with Crippen LogP contribution in [0, 0.1) is 0 Å². The first kappa shape index (κ1) is 12.8. The van der Waals surface area contributed by atoms with Gasteiger partial charge in [-0.25, -0.2) is 0 Å². The lowest BCUT2D eigenvalue weighted by Crippen LogP contribution is -2.04. The fraction of sp³-hybridized carbons (Fsp3) is 0.0714. The molecule has 0 heterocycles. The summed E-state index contributed by atoms with van der Waals surface area (Å²) in [7, 11) is 0. The van der Waals surface area contributed by atoms with Gasteiger partial charge in [0.15, 0.2) is 5.78 Å². The molecule has 0 aliphatic carbocycles. The van der Waals surface area contributed by atoms with Crippen LogP contribution in [0.1, 0.15) is 15.9 Å². The topological polar surface area (TPSA) is 98.0 Å². The van der Waals surface area contributed by atoms with Crippen molar-refractivity contribution in [3.63, 3.8) is 0 Å². The minimum absolute atomic E-state index is 0.0355. The molecular formula is C14H12O5. The Balaban J connectivity index is 2.28. The van der Waals surface area contributed by atoms with E-state index in [4.69, 9.17) is 10.2 Å². The van der Waals surface area contributed by atoms with Gasteiger partial charge in [0.2, 0.25) is 0 Å². The van der Waals surface area contributed by atoms with Crippen molar-refractivity contribution in [1.29, 1.82) is 0 Å². The average Bonchev–Trinajstić information content (AvgIpc) is 2.30. The summed E-state index contributed by atoms with van der Waals surface area (Å²) in [6, 6.07) is 8.01. The Morgan fingerprint density at radius 3 is 1.89 bits per heavy atom. The molecule has 2 aromatic rings. The highest BCUT2D eigenvalue weighted by atomic mass is 16.3. The molecule has 0 spiro atoms. The first-order chi connectivity index (χ1) is 8.97. The van der Waals surface area contributed by atoms with Gasteiger partial charge in [0.25, 0.3) is 0 Å². The van der Waals surface area contributed by atoms with Crippen molar-refractivity contribution in [1.82, 2.24) is 0 Å². The Kier molecular flexibility index (Phi) is 3.29. The minimum atomic E-state index is -0.485. The van der Waals surface area contributed by atoms with Crippen molar-refractivity contribution in [3.8, 4) is 23.0 Å². The second-order valence-corrected chi connectivity index (χ2v) is 4.13. The van der Waals surface area contributed by atoms with Crippen LogP contribution >= 0.6 is 0 Å². The van der Waals surface area contributed by atoms with Crippen LogP contribution in [0.2, 0.25) is 0 Å². The summed E-state index contributed by atoms with van der Waals surface area (Å²) in [5.41, 5.74) is 0.403. The summed E-state index contributed by atoms with van der Waals surface area (Å²) >= 11 is 0. The van der Waals surface area contributed by atoms with Gasteiger partial charge in [0, 0.05) is 18.6 Å². The molecule has 0 atom stereocenters. The number of hydrogen-bond acceptors (Lipinski definition) is 5. The molecular weight excluding hydrogens is 249 g/mol. The highest BCUT2D eigenvalue weighted by Crippen LogP contribution is 2.32. The number of ketones is 1. The molecule has 0 radical (unpaired) electrons. The van der Waals surface area contributed by atoms with E-state index in [1.807, 2.05) is 0 Å². The van der Waals surface area contributed by atoms with Crippen LogP contribution in [0.5, 0.6) is 23.0 Å². The molecule has 2 rings (SSSR count). The van der Waals surface area contributed by atoms with E-state index in [0.29, 0.717) is 5.56 Å². The molecule has 0 saturated heterocycles. The molecule has 4 N–H and O–H groups in total. The van der Waals surface area contributed by atoms with Crippen LogP contribution < -0.4 is 0 Å². The van der Waals surface area contributed by atoms with Crippen LogP contribution in [0.4, 0.5) is 0 Å². The molecule has 2 aromatic carbocycles. The largest absolute Gasteiger partial charge is 0.508 e. The Labute approximate surface area is 109 Å². The van der Waals surface area contributed by atoms with E-state index >= 15 is 0 Å². The second kappa shape index (κ2) is 4.89. The van der Waals surface area contributed by atoms with E-state index in [2.05, 4.69) is 0 Å². The Morgan fingerprint density at radius 2 is 1.37 bits per heavy atom. The molecule has 0 fully saturated rings. The molecule has 98 valence electrons. The fourth-order valence-corrected chi connectivity index (χ4v) is 1.77. The molecule has 0 aliphatic heterocycles. The van der Waals surface area contributed by atoms with Crippen LogP contribution in [-0.4, -0.2) is 26.2 Å². The molecule has 0 amide bonds. The van der Waals surface area contributed by atoms with Gasteiger partial charge in [0.1, 0.15) is 28.6 Å². The summed E-state index contributed by atoms with van der Waals surface area (Å²) < 4.78 is 0. The van der Waals surface area contributed by atoms with Gasteiger partial charge in [-0.1, -0.05) is 12.1 Å². The number of phenolic OH excluding ortho intramolecular Hbond substituents is 4. The monoisotopic (exact) mass is 261 g/mol. The molecule has 0 aliphatic rings. The lowest BCUT2D eigenvalue weighted by atomic mass is 10.1. The number of phenols is 4. The van der Waals surface area contributed by atoms with Crippen LogP contribution in [-0.2, 0) is 6.42 Å². The number of carbonyl (C=O) groups excluding carboxylic acids is 1. The summed E-state index contributed by atoms with van der Waals surface area (Å²) in [4.78, 5) is 12.0. The van der Waals surface area contributed by atoms with Crippen molar-refractivity contribution in [2.75, 3.05) is 0 Å². The Bertz CT molecular complexity index is 593. The summed E-state index contributed by atoms with van der Waals surface area (Å²) in [5.74, 6) is -1.66. The van der Waals surface area contributed by atoms with E-state index in [-0.39, 0.29) is 23.5 Å². The third-order valence-electron chi connectivity index (χ3n) is 2.66. The number of hydrogen-bond donors (Lipinski definition) is 4. The number of Topliss-reactive ketones (excluding diaryl/α,β-unsaturated/α-hetero) is 1. The van der Waals surface area contributed by atoms with E-state index in [1.54, 1.807) is 12.1 Å². The van der Waals surface area contributed by atoms with E-state index in [9.17, 15) is 15.0 Å². The Hall–Kier alpha value is -2.69. The van der Waals surface area contributed by atoms with Crippen LogP contribution in [0.15, 0.2) is 36.4 Å². The molecule has 5 nitrogen and oxygen atoms in total. The molecule has 19 heavy (non-hydrogen) atoms. The molecule has 0 aromatic heterocycles. The summed E-state index contributed by atoms with van der Waals surface area (Å²) in [6.45, 7) is 0. The van der Waals surface area contributed by atoms with Gasteiger partial charge in [-0.3, -0.25) is 4.79 Å². The normalized spacial score (nSPS) is 10.3. The first-order valence-electron chi connectivity index (χ1n) is 5.53. The maximum atomic E-state index is 12.0. The van der Waals surface area contributed by atoms with Crippen LogP contribution in [0.25, 0.3) is 0 Å². The molecule has 0 saturated carbocycles. The van der Waals surface area contributed by atoms with Crippen molar-refractivity contribution >= 4 is 5.78 Å². The van der Waals surface area contributed by atoms with E-state index in [0.717, 1.165) is 12.1 Å². The SMILES string of the molecule is O=[13C](Cc1ccc(O)cc1)c1c(O)cc(O)cc1O. The zero-order chi connectivity index (χ0) is 14.0. The third kappa shape index (κ3) is 2.77. The zero-order valence-corrected chi connectivity index (χ0v) is 9.87. The maximum Gasteiger partial charge on any atom is 0.174 e. The van der Waals surface area contributed by atoms with Gasteiger partial charge < -0.3 is 20.4 Å². The predicted octanol–water partition coefficient (Wildman–Crippen LogP) is 1.93. The number of aromatic hydroxyl groups is 4. The quantitative estimate of drug-likeness (QED) is 0.500. The first-order valence-corrected chi connectivity index (χ1v) is 5.53. The van der Waals surface area contributed by atoms with Gasteiger partial charge in [-0.15, -0.1) is 0 Å². The van der Waals surface area contributed by atoms with Gasteiger partial charge in [-0.2, -0.15) is 0 Å². The third-order valence-corrected chi connectivity index (χ3v) is 2.66. The maximum absolute atomic E-state index is 12.0. The van der Waals surface area contributed by atoms with Gasteiger partial charge in [0.05, 0.1) is 0 Å². The Morgan fingerprint density at radius 1 is 0.842 bits per heavy atom. The smallest absolute Gasteiger partial charge is 0.174 e. The summed E-state index contributed by atoms with van der Waals surface area (Å²) in [6.07, 6.45) is -0.0355. The lowest BCUT2D eigenvalue weighted by molar-refractivity contribution is 0.0987. The molecule has 5 heteroatoms. The lowest BCUT2D eigenvalue weighted by Gasteiger charge is -2.07. The highest BCUT2D eigenvalue weighted by molar-refractivity contribution is 6.02. The minimum Gasteiger partial charge on any atom is -0.508 e. The molecule has 0 bridgehead atoms. The standard InChI is InChI=1S/C14H12O5/c15-9-3-1-8(2-4-9)5-11(17)14-12(18)6-10(16)7-13(14)19/h1-4,6-7,15-16,18-19H,5H2/i11+1. The highest BCUT2D eigenvalue weighted by Gasteiger charge is 2.18. The van der Waals surface area contributed by atoms with Crippen molar-refractivity contribution in [3.05, 3.63) is 47.5 Å². The number of rotatable bonds is 3. The van der Waals surface area contributed by atoms with Crippen molar-refractivity contribution in [2.45, 2.75) is 6.42 Å². The van der Waals surface area contributed by atoms with E-state index in [1.165, 1.54) is 12.1 Å². The second-order valence-electron chi connectivity index (χ2n) is 4.13. The number of benzene rings is 2. The van der Waals surface area contributed by atoms with Crippen molar-refractivity contribution < 1.29 is 25.2 Å². The number of carbonyl (C=O) groups is 1. The van der Waals surface area contributed by atoms with Gasteiger partial charge in [-0.05, 0) is 17.7 Å². The fourth-order valence-electron chi connectivity index (χ4n) is 1.77. The van der Waals surface area contributed by atoms with Crippen molar-refractivity contribution in [2.24, 2.45) is 0 Å². The van der Waals surface area contributed by atoms with Crippen LogP contribution in [0.3, 0.4) is 0 Å². The summed E-state index contributed by atoms with van der Waals surface area (Å²) in [5, 5.41) is 37.5. The zero-order valence-electron chi connectivity index (χ0n) is 9.87.